The summed E-state index contributed by atoms with van der Waals surface area (Å²) in [4.78, 5) is 24.4. The van der Waals surface area contributed by atoms with Crippen LogP contribution in [0.2, 0.25) is 0 Å². The molecule has 0 spiro atoms. The van der Waals surface area contributed by atoms with E-state index in [1.165, 1.54) is 0 Å². The summed E-state index contributed by atoms with van der Waals surface area (Å²) in [6.45, 7) is 5.53. The lowest BCUT2D eigenvalue weighted by Gasteiger charge is -2.18. The third-order valence-corrected chi connectivity index (χ3v) is 4.62. The minimum absolute atomic E-state index is 0.0122. The summed E-state index contributed by atoms with van der Waals surface area (Å²) in [6.07, 6.45) is 1.13. The quantitative estimate of drug-likeness (QED) is 0.762. The lowest BCUT2D eigenvalue weighted by atomic mass is 9.99. The van der Waals surface area contributed by atoms with Gasteiger partial charge in [0.15, 0.2) is 17.3 Å². The van der Waals surface area contributed by atoms with E-state index in [1.807, 2.05) is 50.2 Å². The van der Waals surface area contributed by atoms with E-state index in [0.29, 0.717) is 31.7 Å². The highest BCUT2D eigenvalue weighted by atomic mass is 16.6. The first-order valence-electron chi connectivity index (χ1n) is 9.28. The monoisotopic (exact) mass is 367 g/mol. The van der Waals surface area contributed by atoms with Gasteiger partial charge >= 0.3 is 0 Å². The van der Waals surface area contributed by atoms with Crippen molar-refractivity contribution in [2.45, 2.75) is 33.1 Å². The van der Waals surface area contributed by atoms with Crippen LogP contribution in [-0.4, -0.2) is 31.4 Å². The molecule has 1 N–H and O–H groups in total. The van der Waals surface area contributed by atoms with Crippen molar-refractivity contribution in [2.75, 3.05) is 19.8 Å². The molecule has 3 rings (SSSR count). The third kappa shape index (κ3) is 5.09. The van der Waals surface area contributed by atoms with Gasteiger partial charge in [0.25, 0.3) is 0 Å². The van der Waals surface area contributed by atoms with E-state index < -0.39 is 0 Å². The first-order chi connectivity index (χ1) is 13.0. The lowest BCUT2D eigenvalue weighted by molar-refractivity contribution is -0.121. The molecule has 1 amide bonds. The van der Waals surface area contributed by atoms with E-state index in [0.717, 1.165) is 28.2 Å². The van der Waals surface area contributed by atoms with Crippen LogP contribution in [0.3, 0.4) is 0 Å². The summed E-state index contributed by atoms with van der Waals surface area (Å²) in [6, 6.07) is 11.6. The maximum absolute atomic E-state index is 12.3. The SMILES string of the molecule is Cc1ccc(C)c(C(=O)CCC(=O)NCCc2ccc3c(c2)OCCO3)c1. The summed E-state index contributed by atoms with van der Waals surface area (Å²) < 4.78 is 11.1. The number of carbonyl (C=O) groups is 2. The molecular weight excluding hydrogens is 342 g/mol. The Labute approximate surface area is 159 Å². The van der Waals surface area contributed by atoms with E-state index in [4.69, 9.17) is 9.47 Å². The standard InChI is InChI=1S/C22H25NO4/c1-15-3-4-16(2)18(13-15)19(24)6-8-22(25)23-10-9-17-5-7-20-21(14-17)27-12-11-26-20/h3-5,7,13-14H,6,8-12H2,1-2H3,(H,23,25). The van der Waals surface area contributed by atoms with Gasteiger partial charge in [0.1, 0.15) is 13.2 Å². The van der Waals surface area contributed by atoms with Gasteiger partial charge in [0.05, 0.1) is 0 Å². The van der Waals surface area contributed by atoms with Crippen molar-refractivity contribution < 1.29 is 19.1 Å². The fourth-order valence-corrected chi connectivity index (χ4v) is 3.08. The Morgan fingerprint density at radius 1 is 0.963 bits per heavy atom. The number of hydrogen-bond acceptors (Lipinski definition) is 4. The van der Waals surface area contributed by atoms with Crippen LogP contribution in [0, 0.1) is 13.8 Å². The topological polar surface area (TPSA) is 64.6 Å². The molecule has 0 radical (unpaired) electrons. The molecule has 0 atom stereocenters. The van der Waals surface area contributed by atoms with Crippen LogP contribution in [0.25, 0.3) is 0 Å². The number of ether oxygens (including phenoxy) is 2. The maximum atomic E-state index is 12.3. The van der Waals surface area contributed by atoms with Gasteiger partial charge in [-0.2, -0.15) is 0 Å². The Morgan fingerprint density at radius 3 is 2.56 bits per heavy atom. The van der Waals surface area contributed by atoms with Gasteiger partial charge in [0.2, 0.25) is 5.91 Å². The van der Waals surface area contributed by atoms with Crippen LogP contribution >= 0.6 is 0 Å². The van der Waals surface area contributed by atoms with E-state index >= 15 is 0 Å². The Morgan fingerprint density at radius 2 is 1.74 bits per heavy atom. The number of hydrogen-bond donors (Lipinski definition) is 1. The van der Waals surface area contributed by atoms with Crippen molar-refractivity contribution in [1.29, 1.82) is 0 Å². The molecule has 142 valence electrons. The molecule has 0 fully saturated rings. The number of carbonyl (C=O) groups excluding carboxylic acids is 2. The Balaban J connectivity index is 1.43. The van der Waals surface area contributed by atoms with Crippen LogP contribution < -0.4 is 14.8 Å². The number of Topliss-reactive ketones (excluding diaryl/α,β-unsaturated/α-hetero) is 1. The lowest BCUT2D eigenvalue weighted by Crippen LogP contribution is -2.26. The zero-order valence-corrected chi connectivity index (χ0v) is 15.8. The fraction of sp³-hybridized carbons (Fsp3) is 0.364. The smallest absolute Gasteiger partial charge is 0.220 e. The van der Waals surface area contributed by atoms with E-state index in [9.17, 15) is 9.59 Å². The van der Waals surface area contributed by atoms with Crippen molar-refractivity contribution in [3.63, 3.8) is 0 Å². The number of benzene rings is 2. The number of rotatable bonds is 7. The minimum Gasteiger partial charge on any atom is -0.486 e. The van der Waals surface area contributed by atoms with Crippen LogP contribution in [0.15, 0.2) is 36.4 Å². The summed E-state index contributed by atoms with van der Waals surface area (Å²) in [5.74, 6) is 1.42. The van der Waals surface area contributed by atoms with Gasteiger partial charge in [-0.05, 0) is 49.6 Å². The van der Waals surface area contributed by atoms with Crippen molar-refractivity contribution in [3.8, 4) is 11.5 Å². The third-order valence-electron chi connectivity index (χ3n) is 4.62. The molecule has 0 bridgehead atoms. The van der Waals surface area contributed by atoms with Gasteiger partial charge in [-0.25, -0.2) is 0 Å². The molecule has 1 aliphatic rings. The second-order valence-corrected chi connectivity index (χ2v) is 6.82. The molecule has 5 heteroatoms. The average molecular weight is 367 g/mol. The first kappa shape index (κ1) is 19.0. The Kier molecular flexibility index (Phi) is 6.12. The van der Waals surface area contributed by atoms with Gasteiger partial charge < -0.3 is 14.8 Å². The van der Waals surface area contributed by atoms with Gasteiger partial charge in [-0.1, -0.05) is 23.8 Å². The molecule has 0 aromatic heterocycles. The molecule has 2 aromatic rings. The molecule has 27 heavy (non-hydrogen) atoms. The second-order valence-electron chi connectivity index (χ2n) is 6.82. The van der Waals surface area contributed by atoms with Gasteiger partial charge in [-0.15, -0.1) is 0 Å². The van der Waals surface area contributed by atoms with Crippen LogP contribution in [-0.2, 0) is 11.2 Å². The highest BCUT2D eigenvalue weighted by Crippen LogP contribution is 2.30. The van der Waals surface area contributed by atoms with Crippen molar-refractivity contribution in [2.24, 2.45) is 0 Å². The normalized spacial score (nSPS) is 12.5. The maximum Gasteiger partial charge on any atom is 0.220 e. The molecule has 1 heterocycles. The molecular formula is C22H25NO4. The number of aryl methyl sites for hydroxylation is 2. The summed E-state index contributed by atoms with van der Waals surface area (Å²) in [5, 5.41) is 2.88. The van der Waals surface area contributed by atoms with Crippen molar-refractivity contribution >= 4 is 11.7 Å². The van der Waals surface area contributed by atoms with E-state index in [1.54, 1.807) is 0 Å². The van der Waals surface area contributed by atoms with Crippen LogP contribution in [0.4, 0.5) is 0 Å². The average Bonchev–Trinajstić information content (AvgIpc) is 2.68. The Hall–Kier alpha value is -2.82. The van der Waals surface area contributed by atoms with Crippen LogP contribution in [0.1, 0.15) is 39.9 Å². The molecule has 0 saturated carbocycles. The predicted octanol–water partition coefficient (Wildman–Crippen LogP) is 3.40. The summed E-state index contributed by atoms with van der Waals surface area (Å²) in [5.41, 5.74) is 3.78. The van der Waals surface area contributed by atoms with Crippen LogP contribution in [0.5, 0.6) is 11.5 Å². The number of amides is 1. The van der Waals surface area contributed by atoms with Crippen molar-refractivity contribution in [3.05, 3.63) is 58.7 Å². The number of ketones is 1. The van der Waals surface area contributed by atoms with Crippen molar-refractivity contribution in [1.82, 2.24) is 5.32 Å². The van der Waals surface area contributed by atoms with Gasteiger partial charge in [0, 0.05) is 24.9 Å². The van der Waals surface area contributed by atoms with E-state index in [-0.39, 0.29) is 24.5 Å². The number of nitrogens with one attached hydrogen (secondary N) is 1. The molecule has 0 unspecified atom stereocenters. The molecule has 1 aliphatic heterocycles. The zero-order chi connectivity index (χ0) is 19.2. The largest absolute Gasteiger partial charge is 0.486 e. The molecule has 5 nitrogen and oxygen atoms in total. The fourth-order valence-electron chi connectivity index (χ4n) is 3.08. The summed E-state index contributed by atoms with van der Waals surface area (Å²) in [7, 11) is 0. The molecule has 0 aliphatic carbocycles. The van der Waals surface area contributed by atoms with E-state index in [2.05, 4.69) is 5.32 Å². The second kappa shape index (κ2) is 8.71. The minimum atomic E-state index is -0.105. The highest BCUT2D eigenvalue weighted by Gasteiger charge is 2.13. The first-order valence-corrected chi connectivity index (χ1v) is 9.28. The number of fused-ring (bicyclic) bond motifs is 1. The zero-order valence-electron chi connectivity index (χ0n) is 15.8. The summed E-state index contributed by atoms with van der Waals surface area (Å²) >= 11 is 0. The molecule has 0 saturated heterocycles. The Bertz CT molecular complexity index is 844. The molecule has 2 aromatic carbocycles. The highest BCUT2D eigenvalue weighted by molar-refractivity contribution is 5.99. The predicted molar refractivity (Wildman–Crippen MR) is 104 cm³/mol. The van der Waals surface area contributed by atoms with Gasteiger partial charge in [-0.3, -0.25) is 9.59 Å².